The van der Waals surface area contributed by atoms with Crippen molar-refractivity contribution in [1.29, 1.82) is 0 Å². The fraction of sp³-hybridized carbons (Fsp3) is 0.0227. The van der Waals surface area contributed by atoms with E-state index in [1.54, 1.807) is 0 Å². The molecular weight excluding hydrogens is 587 g/mol. The Kier molecular flexibility index (Phi) is 8.02. The van der Waals surface area contributed by atoms with Gasteiger partial charge in [0.05, 0.1) is 17.9 Å². The maximum atomic E-state index is 4.68. The highest BCUT2D eigenvalue weighted by atomic mass is 31.1. The molecule has 0 saturated carbocycles. The zero-order chi connectivity index (χ0) is 31.4. The van der Waals surface area contributed by atoms with E-state index in [9.17, 15) is 0 Å². The van der Waals surface area contributed by atoms with Crippen molar-refractivity contribution in [2.75, 3.05) is 5.32 Å². The third-order valence-corrected chi connectivity index (χ3v) is 11.2. The molecule has 47 heavy (non-hydrogen) atoms. The molecule has 224 valence electrons. The van der Waals surface area contributed by atoms with Crippen molar-refractivity contribution in [3.05, 3.63) is 188 Å². The third-order valence-electron chi connectivity index (χ3n) is 8.73. The molecule has 0 bridgehead atoms. The summed E-state index contributed by atoms with van der Waals surface area (Å²) < 4.78 is 0. The minimum atomic E-state index is -0.888. The summed E-state index contributed by atoms with van der Waals surface area (Å²) in [5.74, 6) is 0. The van der Waals surface area contributed by atoms with Gasteiger partial charge in [0.15, 0.2) is 0 Å². The predicted octanol–water partition coefficient (Wildman–Crippen LogP) is 10.1. The Hall–Kier alpha value is -5.56. The quantitative estimate of drug-likeness (QED) is 0.171. The number of aromatic nitrogens is 1. The fourth-order valence-corrected chi connectivity index (χ4v) is 9.08. The Morgan fingerprint density at radius 1 is 0.489 bits per heavy atom. The fourth-order valence-electron chi connectivity index (χ4n) is 6.61. The van der Waals surface area contributed by atoms with Gasteiger partial charge in [0.1, 0.15) is 0 Å². The number of rotatable bonds is 8. The first kappa shape index (κ1) is 28.9. The van der Waals surface area contributed by atoms with E-state index >= 15 is 0 Å². The second-order valence-corrected chi connectivity index (χ2v) is 13.8. The Balaban J connectivity index is 1.50. The number of hydrogen-bond donors (Lipinski definition) is 1. The minimum Gasteiger partial charge on any atom is -0.378 e. The Morgan fingerprint density at radius 3 is 1.72 bits per heavy atom. The molecular formula is C44H33N2P. The second kappa shape index (κ2) is 13.0. The van der Waals surface area contributed by atoms with Crippen molar-refractivity contribution in [2.24, 2.45) is 0 Å². The maximum absolute atomic E-state index is 4.68. The molecule has 0 saturated heterocycles. The molecule has 1 heterocycles. The summed E-state index contributed by atoms with van der Waals surface area (Å²) in [4.78, 5) is 4.68. The molecule has 0 aliphatic heterocycles. The van der Waals surface area contributed by atoms with Gasteiger partial charge in [-0.2, -0.15) is 0 Å². The van der Waals surface area contributed by atoms with Gasteiger partial charge in [-0.3, -0.25) is 4.98 Å². The van der Waals surface area contributed by atoms with Gasteiger partial charge >= 0.3 is 0 Å². The van der Waals surface area contributed by atoms with Gasteiger partial charge in [-0.1, -0.05) is 158 Å². The van der Waals surface area contributed by atoms with E-state index in [4.69, 9.17) is 0 Å². The van der Waals surface area contributed by atoms with Crippen LogP contribution in [-0.4, -0.2) is 4.98 Å². The van der Waals surface area contributed by atoms with Crippen LogP contribution >= 0.6 is 7.92 Å². The van der Waals surface area contributed by atoms with Gasteiger partial charge in [0, 0.05) is 22.9 Å². The summed E-state index contributed by atoms with van der Waals surface area (Å²) >= 11 is 0. The van der Waals surface area contributed by atoms with Crippen molar-refractivity contribution >= 4 is 51.1 Å². The first-order valence-electron chi connectivity index (χ1n) is 16.0. The molecule has 0 fully saturated rings. The number of pyridine rings is 1. The lowest BCUT2D eigenvalue weighted by Crippen LogP contribution is -2.22. The van der Waals surface area contributed by atoms with E-state index < -0.39 is 7.92 Å². The number of benzene rings is 7. The molecule has 1 aromatic heterocycles. The highest BCUT2D eigenvalue weighted by Crippen LogP contribution is 2.48. The topological polar surface area (TPSA) is 24.9 Å². The molecule has 0 radical (unpaired) electrons. The molecule has 2 nitrogen and oxygen atoms in total. The normalized spacial score (nSPS) is 11.3. The third kappa shape index (κ3) is 5.69. The Bertz CT molecular complexity index is 2250. The first-order chi connectivity index (χ1) is 23.3. The van der Waals surface area contributed by atoms with E-state index in [2.05, 4.69) is 180 Å². The standard InChI is InChI=1S/C44H33N2P/c1-4-16-32(17-5-1)40-30-34-19-11-13-26-39(34)43(44(40)46-31-35-20-14-15-29-45-35)42-38-25-12-10-18-33(38)27-28-41(42)47(36-21-6-2-7-22-36)37-23-8-3-9-24-37/h1-30,46H,31H2. The average molecular weight is 621 g/mol. The summed E-state index contributed by atoms with van der Waals surface area (Å²) in [5.41, 5.74) is 6.98. The van der Waals surface area contributed by atoms with Gasteiger partial charge in [0.25, 0.3) is 0 Å². The van der Waals surface area contributed by atoms with Crippen LogP contribution in [0.15, 0.2) is 182 Å². The number of fused-ring (bicyclic) bond motifs is 2. The SMILES string of the molecule is c1ccc(-c2cc3ccccc3c(-c3c(P(c4ccccc4)c4ccccc4)ccc4ccccc34)c2NCc2ccccn2)cc1. The Labute approximate surface area is 277 Å². The maximum Gasteiger partial charge on any atom is 0.0594 e. The highest BCUT2D eigenvalue weighted by molar-refractivity contribution is 7.80. The van der Waals surface area contributed by atoms with Gasteiger partial charge in [-0.15, -0.1) is 0 Å². The molecule has 0 aliphatic rings. The molecule has 0 spiro atoms. The van der Waals surface area contributed by atoms with Crippen LogP contribution in [0.2, 0.25) is 0 Å². The van der Waals surface area contributed by atoms with Crippen molar-refractivity contribution in [3.8, 4) is 22.3 Å². The van der Waals surface area contributed by atoms with Crippen LogP contribution in [-0.2, 0) is 6.54 Å². The number of hydrogen-bond acceptors (Lipinski definition) is 2. The van der Waals surface area contributed by atoms with E-state index in [0.29, 0.717) is 6.54 Å². The molecule has 0 atom stereocenters. The lowest BCUT2D eigenvalue weighted by Gasteiger charge is -2.27. The molecule has 0 amide bonds. The summed E-state index contributed by atoms with van der Waals surface area (Å²) in [6, 6.07) is 63.6. The first-order valence-corrected chi connectivity index (χ1v) is 17.4. The zero-order valence-electron chi connectivity index (χ0n) is 25.9. The number of anilines is 1. The average Bonchev–Trinajstić information content (AvgIpc) is 3.15. The van der Waals surface area contributed by atoms with Crippen LogP contribution in [0.1, 0.15) is 5.69 Å². The molecule has 8 aromatic rings. The summed E-state index contributed by atoms with van der Waals surface area (Å²) in [5, 5.41) is 12.9. The van der Waals surface area contributed by atoms with Crippen LogP contribution in [0, 0.1) is 0 Å². The van der Waals surface area contributed by atoms with Crippen LogP contribution < -0.4 is 21.2 Å². The summed E-state index contributed by atoms with van der Waals surface area (Å²) in [6.45, 7) is 0.609. The van der Waals surface area contributed by atoms with Crippen molar-refractivity contribution in [2.45, 2.75) is 6.54 Å². The smallest absolute Gasteiger partial charge is 0.0594 e. The van der Waals surface area contributed by atoms with Crippen LogP contribution in [0.5, 0.6) is 0 Å². The second-order valence-electron chi connectivity index (χ2n) is 11.6. The van der Waals surface area contributed by atoms with Crippen molar-refractivity contribution in [1.82, 2.24) is 4.98 Å². The highest BCUT2D eigenvalue weighted by Gasteiger charge is 2.26. The predicted molar refractivity (Wildman–Crippen MR) is 203 cm³/mol. The molecule has 0 aliphatic carbocycles. The largest absolute Gasteiger partial charge is 0.378 e. The van der Waals surface area contributed by atoms with Crippen LogP contribution in [0.3, 0.4) is 0 Å². The van der Waals surface area contributed by atoms with Gasteiger partial charge in [-0.25, -0.2) is 0 Å². The molecule has 3 heteroatoms. The number of nitrogens with zero attached hydrogens (tertiary/aromatic N) is 1. The van der Waals surface area contributed by atoms with Crippen molar-refractivity contribution < 1.29 is 0 Å². The van der Waals surface area contributed by atoms with Gasteiger partial charge < -0.3 is 5.32 Å². The molecule has 7 aromatic carbocycles. The van der Waals surface area contributed by atoms with E-state index in [0.717, 1.165) is 11.4 Å². The van der Waals surface area contributed by atoms with Crippen LogP contribution in [0.4, 0.5) is 5.69 Å². The van der Waals surface area contributed by atoms with Gasteiger partial charge in [-0.05, 0) is 69.1 Å². The molecule has 1 N–H and O–H groups in total. The van der Waals surface area contributed by atoms with Crippen LogP contribution in [0.25, 0.3) is 43.8 Å². The Morgan fingerprint density at radius 2 is 1.06 bits per heavy atom. The van der Waals surface area contributed by atoms with Crippen molar-refractivity contribution in [3.63, 3.8) is 0 Å². The summed E-state index contributed by atoms with van der Waals surface area (Å²) in [7, 11) is -0.888. The van der Waals surface area contributed by atoms with E-state index in [1.807, 2.05) is 12.3 Å². The number of nitrogens with one attached hydrogen (secondary N) is 1. The minimum absolute atomic E-state index is 0.609. The monoisotopic (exact) mass is 620 g/mol. The zero-order valence-corrected chi connectivity index (χ0v) is 26.8. The van der Waals surface area contributed by atoms with Gasteiger partial charge in [0.2, 0.25) is 0 Å². The van der Waals surface area contributed by atoms with E-state index in [-0.39, 0.29) is 0 Å². The summed E-state index contributed by atoms with van der Waals surface area (Å²) in [6.07, 6.45) is 1.87. The molecule has 8 rings (SSSR count). The lowest BCUT2D eigenvalue weighted by atomic mass is 9.88. The lowest BCUT2D eigenvalue weighted by molar-refractivity contribution is 1.05. The van der Waals surface area contributed by atoms with E-state index in [1.165, 1.54) is 59.7 Å². The molecule has 0 unspecified atom stereocenters.